The van der Waals surface area contributed by atoms with Gasteiger partial charge >= 0.3 is 0 Å². The largest absolute Gasteiger partial charge is 0.488 e. The van der Waals surface area contributed by atoms with E-state index in [-0.39, 0.29) is 29.6 Å². The van der Waals surface area contributed by atoms with Crippen molar-refractivity contribution in [1.29, 1.82) is 0 Å². The molecule has 0 unspecified atom stereocenters. The maximum absolute atomic E-state index is 13.2. The van der Waals surface area contributed by atoms with Crippen LogP contribution in [0.2, 0.25) is 0 Å². The van der Waals surface area contributed by atoms with Crippen LogP contribution in [0, 0.1) is 10.1 Å². The molecule has 1 aliphatic rings. The molecule has 0 saturated carbocycles. The van der Waals surface area contributed by atoms with Gasteiger partial charge in [-0.2, -0.15) is 9.78 Å². The topological polar surface area (TPSA) is 196 Å². The fourth-order valence-corrected chi connectivity index (χ4v) is 4.45. The van der Waals surface area contributed by atoms with E-state index in [0.717, 1.165) is 36.2 Å². The Labute approximate surface area is 247 Å². The highest BCUT2D eigenvalue weighted by Gasteiger charge is 2.26. The monoisotopic (exact) mass is 639 g/mol. The van der Waals surface area contributed by atoms with E-state index in [0.29, 0.717) is 23.6 Å². The van der Waals surface area contributed by atoms with E-state index in [1.54, 1.807) is 0 Å². The first kappa shape index (κ1) is 28.8. The smallest absolute Gasteiger partial charge is 0.293 e. The average Bonchev–Trinajstić information content (AvgIpc) is 3.59. The number of benzene rings is 2. The molecule has 0 radical (unpaired) electrons. The van der Waals surface area contributed by atoms with Crippen LogP contribution in [0.25, 0.3) is 5.82 Å². The van der Waals surface area contributed by atoms with E-state index in [1.807, 2.05) is 31.3 Å². The number of non-ortho nitro benzene ring substituents is 1. The minimum Gasteiger partial charge on any atom is -0.488 e. The van der Waals surface area contributed by atoms with Crippen molar-refractivity contribution in [2.24, 2.45) is 5.10 Å². The standard InChI is InChI=1S/C25H26BrN11O5/c1-34-8-10-35(11-9-34)14-20-22(29-33-36(20)24-23(27)31-42-32-24)25(38)30-28-13-17-12-19(37(39)40)6-7-21(17)41-15-16-2-4-18(26)5-3-16/h2-7,12-13H,8-11,14-15H2,1H3,(H2,27,31)(H,30,38)/b28-13+. The van der Waals surface area contributed by atoms with E-state index in [2.05, 4.69) is 56.9 Å². The van der Waals surface area contributed by atoms with Gasteiger partial charge in [0.05, 0.1) is 16.8 Å². The van der Waals surface area contributed by atoms with E-state index < -0.39 is 10.8 Å². The van der Waals surface area contributed by atoms with Gasteiger partial charge in [0.1, 0.15) is 12.4 Å². The van der Waals surface area contributed by atoms with E-state index in [9.17, 15) is 14.9 Å². The molecule has 2 aromatic carbocycles. The van der Waals surface area contributed by atoms with Crippen LogP contribution in [0.5, 0.6) is 5.75 Å². The van der Waals surface area contributed by atoms with Crippen molar-refractivity contribution in [1.82, 2.24) is 40.5 Å². The lowest BCUT2D eigenvalue weighted by atomic mass is 10.2. The molecule has 3 heterocycles. The number of hydrazone groups is 1. The number of ether oxygens (including phenoxy) is 1. The molecule has 1 saturated heterocycles. The van der Waals surface area contributed by atoms with Crippen LogP contribution < -0.4 is 15.9 Å². The van der Waals surface area contributed by atoms with Crippen molar-refractivity contribution in [3.63, 3.8) is 0 Å². The molecule has 3 N–H and O–H groups in total. The number of nitro groups is 1. The maximum atomic E-state index is 13.2. The molecule has 2 aromatic heterocycles. The van der Waals surface area contributed by atoms with Crippen molar-refractivity contribution in [3.05, 3.63) is 79.6 Å². The summed E-state index contributed by atoms with van der Waals surface area (Å²) in [4.78, 5) is 28.4. The lowest BCUT2D eigenvalue weighted by Crippen LogP contribution is -2.44. The Kier molecular flexibility index (Phi) is 8.80. The second-order valence-corrected chi connectivity index (χ2v) is 10.4. The Bertz CT molecular complexity index is 1600. The number of amides is 1. The van der Waals surface area contributed by atoms with Crippen LogP contribution in [-0.4, -0.2) is 85.4 Å². The number of nitro benzene ring substituents is 1. The third-order valence-electron chi connectivity index (χ3n) is 6.53. The van der Waals surface area contributed by atoms with E-state index in [4.69, 9.17) is 15.1 Å². The van der Waals surface area contributed by atoms with Gasteiger partial charge < -0.3 is 15.4 Å². The zero-order valence-corrected chi connectivity index (χ0v) is 24.0. The molecule has 17 heteroatoms. The Morgan fingerprint density at radius 1 is 1.21 bits per heavy atom. The van der Waals surface area contributed by atoms with Crippen LogP contribution in [0.4, 0.5) is 11.5 Å². The van der Waals surface area contributed by atoms with Gasteiger partial charge in [-0.05, 0) is 41.1 Å². The number of nitrogens with two attached hydrogens (primary N) is 1. The molecule has 1 amide bonds. The third kappa shape index (κ3) is 6.76. The fourth-order valence-electron chi connectivity index (χ4n) is 4.18. The molecular weight excluding hydrogens is 614 g/mol. The van der Waals surface area contributed by atoms with Crippen molar-refractivity contribution < 1.29 is 19.1 Å². The van der Waals surface area contributed by atoms with Crippen molar-refractivity contribution in [2.45, 2.75) is 13.2 Å². The first-order chi connectivity index (χ1) is 20.3. The number of piperazine rings is 1. The normalized spacial score (nSPS) is 14.3. The fraction of sp³-hybridized carbons (Fsp3) is 0.280. The van der Waals surface area contributed by atoms with Gasteiger partial charge in [0.15, 0.2) is 5.69 Å². The van der Waals surface area contributed by atoms with Gasteiger partial charge in [0.2, 0.25) is 11.6 Å². The lowest BCUT2D eigenvalue weighted by Gasteiger charge is -2.32. The quantitative estimate of drug-likeness (QED) is 0.146. The number of rotatable bonds is 10. The SMILES string of the molecule is CN1CCN(Cc2c(C(=O)N/N=C/c3cc([N+](=O)[O-])ccc3OCc3ccc(Br)cc3)nnn2-c2nonc2N)CC1. The molecular formula is C25H26BrN11O5. The van der Waals surface area contributed by atoms with Gasteiger partial charge in [0.25, 0.3) is 11.6 Å². The Hall–Kier alpha value is -4.74. The van der Waals surface area contributed by atoms with Crippen molar-refractivity contribution in [2.75, 3.05) is 39.0 Å². The highest BCUT2D eigenvalue weighted by Crippen LogP contribution is 2.24. The van der Waals surface area contributed by atoms with E-state index in [1.165, 1.54) is 29.1 Å². The summed E-state index contributed by atoms with van der Waals surface area (Å²) in [7, 11) is 2.04. The maximum Gasteiger partial charge on any atom is 0.293 e. The zero-order valence-electron chi connectivity index (χ0n) is 22.4. The number of carbonyl (C=O) groups excluding carboxylic acids is 1. The molecule has 5 rings (SSSR count). The molecule has 0 aliphatic carbocycles. The number of nitrogens with zero attached hydrogens (tertiary/aromatic N) is 9. The molecule has 0 atom stereocenters. The molecule has 16 nitrogen and oxygen atoms in total. The number of aromatic nitrogens is 5. The number of carbonyl (C=O) groups is 1. The molecule has 0 spiro atoms. The molecule has 4 aromatic rings. The summed E-state index contributed by atoms with van der Waals surface area (Å²) in [6.45, 7) is 3.80. The van der Waals surface area contributed by atoms with E-state index >= 15 is 0 Å². The second-order valence-electron chi connectivity index (χ2n) is 9.44. The number of halogens is 1. The van der Waals surface area contributed by atoms with Crippen LogP contribution in [0.3, 0.4) is 0 Å². The highest BCUT2D eigenvalue weighted by atomic mass is 79.9. The lowest BCUT2D eigenvalue weighted by molar-refractivity contribution is -0.384. The number of hydrogen-bond donors (Lipinski definition) is 2. The number of nitrogen functional groups attached to an aromatic ring is 1. The van der Waals surface area contributed by atoms with Gasteiger partial charge in [-0.3, -0.25) is 19.8 Å². The van der Waals surface area contributed by atoms with Crippen molar-refractivity contribution >= 4 is 39.6 Å². The predicted molar refractivity (Wildman–Crippen MR) is 153 cm³/mol. The summed E-state index contributed by atoms with van der Waals surface area (Å²) in [6.07, 6.45) is 1.27. The zero-order chi connectivity index (χ0) is 29.6. The summed E-state index contributed by atoms with van der Waals surface area (Å²) in [6, 6.07) is 11.7. The Morgan fingerprint density at radius 2 is 1.98 bits per heavy atom. The van der Waals surface area contributed by atoms with Gasteiger partial charge in [-0.25, -0.2) is 10.1 Å². The third-order valence-corrected chi connectivity index (χ3v) is 7.05. The number of nitrogens with one attached hydrogen (secondary N) is 1. The molecule has 218 valence electrons. The minimum absolute atomic E-state index is 0.000711. The van der Waals surface area contributed by atoms with Crippen molar-refractivity contribution in [3.8, 4) is 11.6 Å². The molecule has 0 bridgehead atoms. The first-order valence-electron chi connectivity index (χ1n) is 12.7. The first-order valence-corrected chi connectivity index (χ1v) is 13.5. The Morgan fingerprint density at radius 3 is 2.67 bits per heavy atom. The van der Waals surface area contributed by atoms with Gasteiger partial charge in [-0.1, -0.05) is 33.3 Å². The van der Waals surface area contributed by atoms with Crippen LogP contribution >= 0.6 is 15.9 Å². The van der Waals surface area contributed by atoms with Crippen LogP contribution in [-0.2, 0) is 13.2 Å². The second kappa shape index (κ2) is 12.8. The van der Waals surface area contributed by atoms with Gasteiger partial charge in [-0.15, -0.1) is 5.10 Å². The van der Waals surface area contributed by atoms with Gasteiger partial charge in [0, 0.05) is 54.9 Å². The minimum atomic E-state index is -0.653. The summed E-state index contributed by atoms with van der Waals surface area (Å²) in [5.41, 5.74) is 9.76. The molecule has 42 heavy (non-hydrogen) atoms. The summed E-state index contributed by atoms with van der Waals surface area (Å²) < 4.78 is 12.9. The molecule has 1 fully saturated rings. The Balaban J connectivity index is 1.36. The molecule has 1 aliphatic heterocycles. The predicted octanol–water partition coefficient (Wildman–Crippen LogP) is 1.99. The van der Waals surface area contributed by atoms with Crippen LogP contribution in [0.15, 0.2) is 56.7 Å². The van der Waals surface area contributed by atoms with Crippen LogP contribution in [0.1, 0.15) is 27.3 Å². The summed E-state index contributed by atoms with van der Waals surface area (Å²) >= 11 is 3.39. The highest BCUT2D eigenvalue weighted by molar-refractivity contribution is 9.10. The average molecular weight is 640 g/mol. The number of hydrogen-bond acceptors (Lipinski definition) is 13. The number of anilines is 1. The summed E-state index contributed by atoms with van der Waals surface area (Å²) in [5, 5.41) is 30.9. The summed E-state index contributed by atoms with van der Waals surface area (Å²) in [5.74, 6) is -0.208. The number of likely N-dealkylation sites (N-methyl/N-ethyl adjacent to an activating group) is 1.